The van der Waals surface area contributed by atoms with Crippen molar-refractivity contribution in [3.63, 3.8) is 0 Å². The van der Waals surface area contributed by atoms with Crippen molar-refractivity contribution in [3.8, 4) is 0 Å². The fourth-order valence-electron chi connectivity index (χ4n) is 4.07. The normalized spacial score (nSPS) is 11.2. The van der Waals surface area contributed by atoms with Gasteiger partial charge in [0.1, 0.15) is 5.82 Å². The maximum absolute atomic E-state index is 5.00. The molecule has 0 aliphatic rings. The van der Waals surface area contributed by atoms with Gasteiger partial charge in [-0.1, -0.05) is 102 Å². The summed E-state index contributed by atoms with van der Waals surface area (Å²) in [5.74, 6) is 1.32. The van der Waals surface area contributed by atoms with Crippen molar-refractivity contribution in [2.24, 2.45) is 0 Å². The van der Waals surface area contributed by atoms with Crippen LogP contribution >= 0.6 is 0 Å². The first-order valence-corrected chi connectivity index (χ1v) is 12.4. The van der Waals surface area contributed by atoms with Gasteiger partial charge >= 0.3 is 0 Å². The van der Waals surface area contributed by atoms with Gasteiger partial charge in [-0.15, -0.1) is 0 Å². The molecule has 0 N–H and O–H groups in total. The van der Waals surface area contributed by atoms with E-state index in [0.717, 1.165) is 25.8 Å². The molecule has 0 spiro atoms. The van der Waals surface area contributed by atoms with E-state index in [1.807, 2.05) is 0 Å². The Morgan fingerprint density at radius 3 is 2.00 bits per heavy atom. The predicted octanol–water partition coefficient (Wildman–Crippen LogP) is 7.93. The number of hydrogen-bond donors (Lipinski definition) is 0. The number of imidazole rings is 1. The fraction of sp³-hybridized carbons (Fsp3) is 0.667. The first-order valence-electron chi connectivity index (χ1n) is 12.4. The van der Waals surface area contributed by atoms with Crippen molar-refractivity contribution in [1.29, 1.82) is 0 Å². The fourth-order valence-corrected chi connectivity index (χ4v) is 4.07. The predicted molar refractivity (Wildman–Crippen MR) is 127 cm³/mol. The zero-order chi connectivity index (χ0) is 20.6. The molecule has 1 aromatic carbocycles. The Bertz CT molecular complexity index is 629. The molecule has 2 rings (SSSR count). The molecular weight excluding hydrogens is 352 g/mol. The second-order valence-corrected chi connectivity index (χ2v) is 8.61. The molecule has 1 aromatic heterocycles. The smallest absolute Gasteiger partial charge is 0.108 e. The van der Waals surface area contributed by atoms with Crippen LogP contribution in [0.1, 0.15) is 108 Å². The van der Waals surface area contributed by atoms with Crippen LogP contribution in [0.25, 0.3) is 0 Å². The lowest BCUT2D eigenvalue weighted by Crippen LogP contribution is -2.03. The highest BCUT2D eigenvalue weighted by Gasteiger charge is 2.08. The summed E-state index contributed by atoms with van der Waals surface area (Å²) in [6.07, 6.45) is 21.9. The third-order valence-corrected chi connectivity index (χ3v) is 5.91. The van der Waals surface area contributed by atoms with Gasteiger partial charge in [0, 0.05) is 19.2 Å². The number of nitrogens with zero attached hydrogens (tertiary/aromatic N) is 2. The van der Waals surface area contributed by atoms with Crippen molar-refractivity contribution >= 4 is 0 Å². The molecule has 0 saturated heterocycles. The molecule has 0 radical (unpaired) electrons. The lowest BCUT2D eigenvalue weighted by molar-refractivity contribution is 0.528. The Labute approximate surface area is 180 Å². The van der Waals surface area contributed by atoms with Gasteiger partial charge in [-0.2, -0.15) is 0 Å². The van der Waals surface area contributed by atoms with Crippen LogP contribution in [-0.2, 0) is 25.8 Å². The molecule has 0 saturated carbocycles. The van der Waals surface area contributed by atoms with Gasteiger partial charge in [-0.05, 0) is 37.7 Å². The molecule has 0 amide bonds. The largest absolute Gasteiger partial charge is 0.335 e. The van der Waals surface area contributed by atoms with E-state index in [2.05, 4.69) is 54.9 Å². The van der Waals surface area contributed by atoms with Crippen molar-refractivity contribution in [1.82, 2.24) is 9.55 Å². The van der Waals surface area contributed by atoms with Crippen molar-refractivity contribution in [3.05, 3.63) is 53.6 Å². The van der Waals surface area contributed by atoms with Crippen LogP contribution in [0.5, 0.6) is 0 Å². The molecule has 2 aromatic rings. The molecule has 0 aliphatic heterocycles. The molecule has 0 unspecified atom stereocenters. The number of unbranched alkanes of at least 4 members (excludes halogenated alkanes) is 9. The number of rotatable bonds is 17. The molecule has 0 aliphatic carbocycles. The average Bonchev–Trinajstić information content (AvgIpc) is 3.13. The lowest BCUT2D eigenvalue weighted by atomic mass is 10.1. The van der Waals surface area contributed by atoms with Gasteiger partial charge in [0.15, 0.2) is 0 Å². The minimum Gasteiger partial charge on any atom is -0.335 e. The molecule has 0 atom stereocenters. The van der Waals surface area contributed by atoms with Crippen LogP contribution in [0.4, 0.5) is 0 Å². The minimum atomic E-state index is 1.10. The van der Waals surface area contributed by atoms with E-state index >= 15 is 0 Å². The van der Waals surface area contributed by atoms with Crippen LogP contribution in [0.15, 0.2) is 36.5 Å². The van der Waals surface area contributed by atoms with Crippen molar-refractivity contribution < 1.29 is 0 Å². The van der Waals surface area contributed by atoms with E-state index < -0.39 is 0 Å². The van der Waals surface area contributed by atoms with Crippen LogP contribution in [0, 0.1) is 0 Å². The third kappa shape index (κ3) is 10.1. The maximum Gasteiger partial charge on any atom is 0.108 e. The van der Waals surface area contributed by atoms with E-state index in [1.54, 1.807) is 0 Å². The molecule has 2 nitrogen and oxygen atoms in total. The van der Waals surface area contributed by atoms with Crippen LogP contribution < -0.4 is 0 Å². The van der Waals surface area contributed by atoms with E-state index in [4.69, 9.17) is 4.98 Å². The molecule has 29 heavy (non-hydrogen) atoms. The summed E-state index contributed by atoms with van der Waals surface area (Å²) in [6.45, 7) is 5.72. The summed E-state index contributed by atoms with van der Waals surface area (Å²) in [5.41, 5.74) is 2.73. The highest BCUT2D eigenvalue weighted by molar-refractivity contribution is 5.15. The maximum atomic E-state index is 5.00. The van der Waals surface area contributed by atoms with Gasteiger partial charge in [0.05, 0.1) is 5.69 Å². The average molecular weight is 397 g/mol. The Morgan fingerprint density at radius 2 is 1.31 bits per heavy atom. The summed E-state index contributed by atoms with van der Waals surface area (Å²) in [4.78, 5) is 5.00. The standard InChI is InChI=1S/C27H44N2/c1-3-5-7-8-9-10-11-12-16-23-29-24-26(28-27(29)22-6-4-2)21-17-20-25-18-14-13-15-19-25/h13-15,18-19,24H,3-12,16-17,20-23H2,1-2H3. The highest BCUT2D eigenvalue weighted by atomic mass is 15.1. The topological polar surface area (TPSA) is 17.8 Å². The number of hydrogen-bond acceptors (Lipinski definition) is 1. The van der Waals surface area contributed by atoms with Crippen LogP contribution in [-0.4, -0.2) is 9.55 Å². The summed E-state index contributed by atoms with van der Waals surface area (Å²) in [6, 6.07) is 10.8. The van der Waals surface area contributed by atoms with E-state index in [0.29, 0.717) is 0 Å². The Morgan fingerprint density at radius 1 is 0.655 bits per heavy atom. The zero-order valence-corrected chi connectivity index (χ0v) is 19.2. The second-order valence-electron chi connectivity index (χ2n) is 8.61. The Hall–Kier alpha value is -1.57. The summed E-state index contributed by atoms with van der Waals surface area (Å²) < 4.78 is 2.47. The lowest BCUT2D eigenvalue weighted by Gasteiger charge is -2.07. The monoisotopic (exact) mass is 396 g/mol. The van der Waals surface area contributed by atoms with Gasteiger partial charge in [-0.25, -0.2) is 4.98 Å². The zero-order valence-electron chi connectivity index (χ0n) is 19.2. The van der Waals surface area contributed by atoms with Gasteiger partial charge < -0.3 is 4.57 Å². The Balaban J connectivity index is 1.71. The number of aryl methyl sites for hydroxylation is 4. The number of aromatic nitrogens is 2. The first kappa shape index (κ1) is 23.7. The third-order valence-electron chi connectivity index (χ3n) is 5.91. The van der Waals surface area contributed by atoms with Crippen LogP contribution in [0.2, 0.25) is 0 Å². The molecule has 2 heteroatoms. The van der Waals surface area contributed by atoms with E-state index in [9.17, 15) is 0 Å². The SMILES string of the molecule is CCCCCCCCCCCn1cc(CCCc2ccccc2)nc1CCCC. The first-order chi connectivity index (χ1) is 14.3. The second kappa shape index (κ2) is 15.3. The van der Waals surface area contributed by atoms with Gasteiger partial charge in [0.25, 0.3) is 0 Å². The number of benzene rings is 1. The minimum absolute atomic E-state index is 1.10. The van der Waals surface area contributed by atoms with E-state index in [1.165, 1.54) is 94.1 Å². The molecule has 1 heterocycles. The van der Waals surface area contributed by atoms with Crippen LogP contribution in [0.3, 0.4) is 0 Å². The molecule has 0 fully saturated rings. The highest BCUT2D eigenvalue weighted by Crippen LogP contribution is 2.14. The quantitative estimate of drug-likeness (QED) is 0.248. The summed E-state index contributed by atoms with van der Waals surface area (Å²) in [5, 5.41) is 0. The van der Waals surface area contributed by atoms with E-state index in [-0.39, 0.29) is 0 Å². The van der Waals surface area contributed by atoms with Gasteiger partial charge in [0.2, 0.25) is 0 Å². The van der Waals surface area contributed by atoms with Gasteiger partial charge in [-0.3, -0.25) is 0 Å². The van der Waals surface area contributed by atoms with Crippen molar-refractivity contribution in [2.45, 2.75) is 117 Å². The molecular formula is C27H44N2. The summed E-state index contributed by atoms with van der Waals surface area (Å²) >= 11 is 0. The Kier molecular flexibility index (Phi) is 12.5. The molecule has 162 valence electrons. The summed E-state index contributed by atoms with van der Waals surface area (Å²) in [7, 11) is 0. The molecule has 0 bridgehead atoms. The van der Waals surface area contributed by atoms with Crippen molar-refractivity contribution in [2.75, 3.05) is 0 Å².